The highest BCUT2D eigenvalue weighted by molar-refractivity contribution is 7.99. The smallest absolute Gasteiger partial charge is 0.0682 e. The highest BCUT2D eigenvalue weighted by atomic mass is 32.2. The van der Waals surface area contributed by atoms with Gasteiger partial charge >= 0.3 is 0 Å². The zero-order valence-corrected chi connectivity index (χ0v) is 12.9. The quantitative estimate of drug-likeness (QED) is 0.907. The summed E-state index contributed by atoms with van der Waals surface area (Å²) in [7, 11) is 0. The van der Waals surface area contributed by atoms with Crippen LogP contribution in [0.4, 0.5) is 11.4 Å². The molecule has 21 heavy (non-hydrogen) atoms. The second kappa shape index (κ2) is 6.10. The van der Waals surface area contributed by atoms with Crippen LogP contribution in [-0.2, 0) is 6.61 Å². The summed E-state index contributed by atoms with van der Waals surface area (Å²) in [4.78, 5) is 4.66. The van der Waals surface area contributed by atoms with E-state index in [1.54, 1.807) is 11.8 Å². The van der Waals surface area contributed by atoms with Crippen molar-refractivity contribution < 1.29 is 10.2 Å². The molecule has 0 saturated heterocycles. The van der Waals surface area contributed by atoms with Gasteiger partial charge in [0.15, 0.2) is 0 Å². The Morgan fingerprint density at radius 2 is 1.71 bits per heavy atom. The van der Waals surface area contributed by atoms with Crippen molar-refractivity contribution in [1.29, 1.82) is 0 Å². The molecule has 0 atom stereocenters. The van der Waals surface area contributed by atoms with Gasteiger partial charge in [-0.2, -0.15) is 0 Å². The molecule has 2 N–H and O–H groups in total. The largest absolute Gasteiger partial charge is 0.396 e. The predicted octanol–water partition coefficient (Wildman–Crippen LogP) is 3.47. The van der Waals surface area contributed by atoms with Crippen LogP contribution in [-0.4, -0.2) is 23.4 Å². The summed E-state index contributed by atoms with van der Waals surface area (Å²) in [6.45, 7) is 3.14. The number of rotatable bonds is 4. The molecular formula is C17H19NO2S. The molecule has 0 fully saturated rings. The van der Waals surface area contributed by atoms with Gasteiger partial charge in [0.05, 0.1) is 18.0 Å². The molecule has 0 unspecified atom stereocenters. The van der Waals surface area contributed by atoms with Gasteiger partial charge < -0.3 is 15.1 Å². The van der Waals surface area contributed by atoms with Crippen LogP contribution in [0.5, 0.6) is 0 Å². The molecule has 0 radical (unpaired) electrons. The Morgan fingerprint density at radius 1 is 1.00 bits per heavy atom. The van der Waals surface area contributed by atoms with E-state index in [-0.39, 0.29) is 13.2 Å². The Bertz CT molecular complexity index is 657. The van der Waals surface area contributed by atoms with Gasteiger partial charge in [0.2, 0.25) is 0 Å². The summed E-state index contributed by atoms with van der Waals surface area (Å²) in [6.07, 6.45) is 0.735. The first-order valence-electron chi connectivity index (χ1n) is 7.13. The molecule has 0 amide bonds. The van der Waals surface area contributed by atoms with Gasteiger partial charge in [0.1, 0.15) is 0 Å². The minimum absolute atomic E-state index is 0.0607. The SMILES string of the molecule is Cc1ccc2c(c1)Sc1cc(CO)ccc1N2CCCO. The molecule has 1 aliphatic heterocycles. The van der Waals surface area contributed by atoms with E-state index in [1.807, 2.05) is 6.07 Å². The molecule has 0 bridgehead atoms. The number of anilines is 2. The van der Waals surface area contributed by atoms with Crippen molar-refractivity contribution in [3.8, 4) is 0 Å². The van der Waals surface area contributed by atoms with Crippen molar-refractivity contribution in [2.24, 2.45) is 0 Å². The third-order valence-corrected chi connectivity index (χ3v) is 4.76. The lowest BCUT2D eigenvalue weighted by molar-refractivity contribution is 0.281. The highest BCUT2D eigenvalue weighted by Gasteiger charge is 2.23. The molecule has 0 aromatic heterocycles. The van der Waals surface area contributed by atoms with E-state index in [9.17, 15) is 5.11 Å². The third-order valence-electron chi connectivity index (χ3n) is 3.66. The third kappa shape index (κ3) is 2.79. The second-order valence-electron chi connectivity index (χ2n) is 5.26. The molecular weight excluding hydrogens is 282 g/mol. The van der Waals surface area contributed by atoms with Gasteiger partial charge in [-0.3, -0.25) is 0 Å². The van der Waals surface area contributed by atoms with Gasteiger partial charge in [0, 0.05) is 22.9 Å². The van der Waals surface area contributed by atoms with Gasteiger partial charge in [-0.1, -0.05) is 23.9 Å². The predicted molar refractivity (Wildman–Crippen MR) is 86.4 cm³/mol. The lowest BCUT2D eigenvalue weighted by Gasteiger charge is -2.33. The molecule has 2 aromatic carbocycles. The number of benzene rings is 2. The van der Waals surface area contributed by atoms with Crippen molar-refractivity contribution in [1.82, 2.24) is 0 Å². The van der Waals surface area contributed by atoms with E-state index >= 15 is 0 Å². The van der Waals surface area contributed by atoms with Gasteiger partial charge in [0.25, 0.3) is 0 Å². The number of nitrogens with zero attached hydrogens (tertiary/aromatic N) is 1. The summed E-state index contributed by atoms with van der Waals surface area (Å²) in [5, 5.41) is 18.5. The number of aliphatic hydroxyl groups is 2. The molecule has 2 aromatic rings. The van der Waals surface area contributed by atoms with E-state index in [2.05, 4.69) is 42.2 Å². The van der Waals surface area contributed by atoms with Crippen LogP contribution in [0.3, 0.4) is 0 Å². The van der Waals surface area contributed by atoms with Crippen molar-refractivity contribution in [2.75, 3.05) is 18.1 Å². The van der Waals surface area contributed by atoms with Crippen molar-refractivity contribution in [3.05, 3.63) is 47.5 Å². The number of aliphatic hydroxyl groups excluding tert-OH is 2. The summed E-state index contributed by atoms with van der Waals surface area (Å²) >= 11 is 1.75. The van der Waals surface area contributed by atoms with Crippen LogP contribution in [0, 0.1) is 6.92 Å². The topological polar surface area (TPSA) is 43.7 Å². The number of aryl methyl sites for hydroxylation is 1. The monoisotopic (exact) mass is 301 g/mol. The average Bonchev–Trinajstić information content (AvgIpc) is 2.50. The van der Waals surface area contributed by atoms with Gasteiger partial charge in [-0.15, -0.1) is 0 Å². The van der Waals surface area contributed by atoms with Crippen LogP contribution < -0.4 is 4.90 Å². The van der Waals surface area contributed by atoms with Crippen molar-refractivity contribution in [3.63, 3.8) is 0 Å². The first kappa shape index (κ1) is 14.4. The first-order chi connectivity index (χ1) is 10.2. The molecule has 3 rings (SSSR count). The van der Waals surface area contributed by atoms with E-state index < -0.39 is 0 Å². The van der Waals surface area contributed by atoms with Crippen LogP contribution >= 0.6 is 11.8 Å². The summed E-state index contributed by atoms with van der Waals surface area (Å²) < 4.78 is 0. The molecule has 0 spiro atoms. The Kier molecular flexibility index (Phi) is 4.19. The van der Waals surface area contributed by atoms with Crippen molar-refractivity contribution in [2.45, 2.75) is 29.7 Å². The summed E-state index contributed by atoms with van der Waals surface area (Å²) in [5.74, 6) is 0. The van der Waals surface area contributed by atoms with Crippen LogP contribution in [0.25, 0.3) is 0 Å². The first-order valence-corrected chi connectivity index (χ1v) is 7.95. The fourth-order valence-corrected chi connectivity index (χ4v) is 3.86. The molecule has 0 aliphatic carbocycles. The minimum atomic E-state index is 0.0607. The molecule has 3 nitrogen and oxygen atoms in total. The van der Waals surface area contributed by atoms with Crippen LogP contribution in [0.1, 0.15) is 17.5 Å². The lowest BCUT2D eigenvalue weighted by atomic mass is 10.1. The maximum absolute atomic E-state index is 9.33. The molecule has 4 heteroatoms. The van der Waals surface area contributed by atoms with E-state index in [4.69, 9.17) is 5.11 Å². The normalized spacial score (nSPS) is 13.0. The van der Waals surface area contributed by atoms with Crippen LogP contribution in [0.15, 0.2) is 46.2 Å². The van der Waals surface area contributed by atoms with E-state index in [0.717, 1.165) is 29.1 Å². The zero-order valence-electron chi connectivity index (χ0n) is 12.0. The Hall–Kier alpha value is -1.49. The highest BCUT2D eigenvalue weighted by Crippen LogP contribution is 2.48. The van der Waals surface area contributed by atoms with E-state index in [1.165, 1.54) is 16.1 Å². The van der Waals surface area contributed by atoms with Gasteiger partial charge in [-0.05, 0) is 48.7 Å². The second-order valence-corrected chi connectivity index (χ2v) is 6.35. The lowest BCUT2D eigenvalue weighted by Crippen LogP contribution is -2.22. The van der Waals surface area contributed by atoms with E-state index in [0.29, 0.717) is 0 Å². The maximum Gasteiger partial charge on any atom is 0.0682 e. The molecule has 1 heterocycles. The molecule has 0 saturated carbocycles. The van der Waals surface area contributed by atoms with Crippen LogP contribution in [0.2, 0.25) is 0 Å². The van der Waals surface area contributed by atoms with Gasteiger partial charge in [-0.25, -0.2) is 0 Å². The fraction of sp³-hybridized carbons (Fsp3) is 0.294. The fourth-order valence-electron chi connectivity index (χ4n) is 2.61. The standard InChI is InChI=1S/C17H19NO2S/c1-12-3-5-14-16(9-12)21-17-10-13(11-20)4-6-15(17)18(14)7-2-8-19/h3-6,9-10,19-20H,2,7-8,11H2,1H3. The Labute approximate surface area is 129 Å². The summed E-state index contributed by atoms with van der Waals surface area (Å²) in [6, 6.07) is 12.5. The minimum Gasteiger partial charge on any atom is -0.396 e. The maximum atomic E-state index is 9.33. The zero-order chi connectivity index (χ0) is 14.8. The summed E-state index contributed by atoms with van der Waals surface area (Å²) in [5.41, 5.74) is 4.52. The number of hydrogen-bond donors (Lipinski definition) is 2. The molecule has 1 aliphatic rings. The Balaban J connectivity index is 2.07. The number of hydrogen-bond acceptors (Lipinski definition) is 4. The number of fused-ring (bicyclic) bond motifs is 2. The van der Waals surface area contributed by atoms with Crippen molar-refractivity contribution >= 4 is 23.1 Å². The average molecular weight is 301 g/mol. The molecule has 110 valence electrons. The Morgan fingerprint density at radius 3 is 2.43 bits per heavy atom.